The van der Waals surface area contributed by atoms with Gasteiger partial charge in [0.2, 0.25) is 0 Å². The Labute approximate surface area is 149 Å². The Kier molecular flexibility index (Phi) is 6.45. The van der Waals surface area contributed by atoms with Crippen LogP contribution in [-0.4, -0.2) is 41.3 Å². The number of aromatic nitrogens is 2. The minimum Gasteiger partial charge on any atom is -0.376 e. The summed E-state index contributed by atoms with van der Waals surface area (Å²) in [7, 11) is 0. The minimum absolute atomic E-state index is 0.295. The van der Waals surface area contributed by atoms with Gasteiger partial charge >= 0.3 is 0 Å². The maximum Gasteiger partial charge on any atom is 0.191 e. The van der Waals surface area contributed by atoms with Crippen molar-refractivity contribution in [1.29, 1.82) is 0 Å². The van der Waals surface area contributed by atoms with Crippen LogP contribution in [-0.2, 0) is 17.8 Å². The van der Waals surface area contributed by atoms with Gasteiger partial charge in [0, 0.05) is 38.6 Å². The molecule has 6 heteroatoms. The van der Waals surface area contributed by atoms with E-state index in [4.69, 9.17) is 4.74 Å². The van der Waals surface area contributed by atoms with Crippen molar-refractivity contribution in [2.45, 2.75) is 39.0 Å². The summed E-state index contributed by atoms with van der Waals surface area (Å²) >= 11 is 0. The van der Waals surface area contributed by atoms with Gasteiger partial charge < -0.3 is 19.9 Å². The van der Waals surface area contributed by atoms with Gasteiger partial charge in [0.05, 0.1) is 6.10 Å². The SMILES string of the molecule is CCNC(=NCc1nccn1Cc1ccccc1)NCC1CCCO1. The number of rotatable bonds is 7. The highest BCUT2D eigenvalue weighted by molar-refractivity contribution is 5.79. The summed E-state index contributed by atoms with van der Waals surface area (Å²) in [5.41, 5.74) is 1.26. The molecular weight excluding hydrogens is 314 g/mol. The molecule has 6 nitrogen and oxygen atoms in total. The highest BCUT2D eigenvalue weighted by Crippen LogP contribution is 2.10. The van der Waals surface area contributed by atoms with Crippen LogP contribution < -0.4 is 10.6 Å². The van der Waals surface area contributed by atoms with E-state index in [0.29, 0.717) is 12.6 Å². The largest absolute Gasteiger partial charge is 0.376 e. The van der Waals surface area contributed by atoms with E-state index in [1.807, 2.05) is 18.5 Å². The number of benzene rings is 1. The van der Waals surface area contributed by atoms with Crippen molar-refractivity contribution in [3.05, 3.63) is 54.1 Å². The van der Waals surface area contributed by atoms with Crippen molar-refractivity contribution in [3.63, 3.8) is 0 Å². The van der Waals surface area contributed by atoms with Crippen molar-refractivity contribution in [1.82, 2.24) is 20.2 Å². The molecule has 0 aliphatic carbocycles. The summed E-state index contributed by atoms with van der Waals surface area (Å²) in [4.78, 5) is 9.13. The second-order valence-corrected chi connectivity index (χ2v) is 6.17. The number of nitrogens with one attached hydrogen (secondary N) is 2. The van der Waals surface area contributed by atoms with Gasteiger partial charge in [0.15, 0.2) is 5.96 Å². The maximum atomic E-state index is 5.66. The Morgan fingerprint density at radius 1 is 1.32 bits per heavy atom. The molecule has 1 aromatic carbocycles. The Bertz CT molecular complexity index is 661. The van der Waals surface area contributed by atoms with Gasteiger partial charge in [-0.05, 0) is 25.3 Å². The lowest BCUT2D eigenvalue weighted by Crippen LogP contribution is -2.41. The van der Waals surface area contributed by atoms with E-state index in [-0.39, 0.29) is 0 Å². The Balaban J connectivity index is 1.59. The van der Waals surface area contributed by atoms with E-state index in [9.17, 15) is 0 Å². The summed E-state index contributed by atoms with van der Waals surface area (Å²) in [5, 5.41) is 6.66. The zero-order chi connectivity index (χ0) is 17.3. The maximum absolute atomic E-state index is 5.66. The summed E-state index contributed by atoms with van der Waals surface area (Å²) < 4.78 is 7.80. The molecule has 0 radical (unpaired) electrons. The number of aliphatic imine (C=N–C) groups is 1. The first-order valence-electron chi connectivity index (χ1n) is 9.03. The highest BCUT2D eigenvalue weighted by atomic mass is 16.5. The molecular formula is C19H27N5O. The smallest absolute Gasteiger partial charge is 0.191 e. The molecule has 1 aliphatic rings. The van der Waals surface area contributed by atoms with Crippen LogP contribution in [0.15, 0.2) is 47.7 Å². The Hall–Kier alpha value is -2.34. The zero-order valence-corrected chi connectivity index (χ0v) is 14.8. The number of nitrogens with zero attached hydrogens (tertiary/aromatic N) is 3. The Morgan fingerprint density at radius 3 is 2.96 bits per heavy atom. The van der Waals surface area contributed by atoms with E-state index >= 15 is 0 Å². The van der Waals surface area contributed by atoms with Crippen molar-refractivity contribution in [3.8, 4) is 0 Å². The number of hydrogen-bond acceptors (Lipinski definition) is 3. The molecule has 1 atom stereocenters. The van der Waals surface area contributed by atoms with Crippen LogP contribution in [0.1, 0.15) is 31.2 Å². The summed E-state index contributed by atoms with van der Waals surface area (Å²) in [6, 6.07) is 10.4. The van der Waals surface area contributed by atoms with Crippen LogP contribution in [0.25, 0.3) is 0 Å². The van der Waals surface area contributed by atoms with Crippen LogP contribution in [0, 0.1) is 0 Å². The number of hydrogen-bond donors (Lipinski definition) is 2. The zero-order valence-electron chi connectivity index (χ0n) is 14.8. The normalized spacial score (nSPS) is 17.6. The fourth-order valence-electron chi connectivity index (χ4n) is 2.92. The van der Waals surface area contributed by atoms with Crippen molar-refractivity contribution >= 4 is 5.96 Å². The number of ether oxygens (including phenoxy) is 1. The lowest BCUT2D eigenvalue weighted by Gasteiger charge is -2.15. The first-order valence-corrected chi connectivity index (χ1v) is 9.03. The molecule has 2 N–H and O–H groups in total. The van der Waals surface area contributed by atoms with Gasteiger partial charge in [-0.3, -0.25) is 0 Å². The standard InChI is InChI=1S/C19H27N5O/c1-2-20-19(22-13-17-9-6-12-25-17)23-14-18-21-10-11-24(18)15-16-7-4-3-5-8-16/h3-5,7-8,10-11,17H,2,6,9,12-15H2,1H3,(H2,20,22,23). The second-order valence-electron chi connectivity index (χ2n) is 6.17. The summed E-state index contributed by atoms with van der Waals surface area (Å²) in [6.07, 6.45) is 6.40. The van der Waals surface area contributed by atoms with Gasteiger partial charge in [-0.1, -0.05) is 30.3 Å². The number of guanidine groups is 1. The van der Waals surface area contributed by atoms with Gasteiger partial charge in [-0.25, -0.2) is 9.98 Å². The van der Waals surface area contributed by atoms with E-state index in [1.54, 1.807) is 0 Å². The van der Waals surface area contributed by atoms with Gasteiger partial charge in [0.25, 0.3) is 0 Å². The number of imidazole rings is 1. The van der Waals surface area contributed by atoms with E-state index in [2.05, 4.69) is 56.4 Å². The van der Waals surface area contributed by atoms with E-state index < -0.39 is 0 Å². The monoisotopic (exact) mass is 341 g/mol. The van der Waals surface area contributed by atoms with Crippen molar-refractivity contribution in [2.24, 2.45) is 4.99 Å². The van der Waals surface area contributed by atoms with Gasteiger partial charge in [-0.2, -0.15) is 0 Å². The van der Waals surface area contributed by atoms with E-state index in [1.165, 1.54) is 5.56 Å². The molecule has 2 heterocycles. The molecule has 3 rings (SSSR count). The fourth-order valence-corrected chi connectivity index (χ4v) is 2.92. The molecule has 0 bridgehead atoms. The molecule has 25 heavy (non-hydrogen) atoms. The second kappa shape index (κ2) is 9.22. The van der Waals surface area contributed by atoms with Crippen LogP contribution in [0.5, 0.6) is 0 Å². The molecule has 1 aliphatic heterocycles. The topological polar surface area (TPSA) is 63.5 Å². The van der Waals surface area contributed by atoms with Crippen molar-refractivity contribution in [2.75, 3.05) is 19.7 Å². The van der Waals surface area contributed by atoms with Gasteiger partial charge in [-0.15, -0.1) is 0 Å². The van der Waals surface area contributed by atoms with Crippen LogP contribution in [0.2, 0.25) is 0 Å². The predicted octanol–water partition coefficient (Wildman–Crippen LogP) is 2.17. The molecule has 1 unspecified atom stereocenters. The van der Waals surface area contributed by atoms with Crippen LogP contribution in [0.3, 0.4) is 0 Å². The molecule has 1 aromatic heterocycles. The molecule has 134 valence electrons. The Morgan fingerprint density at radius 2 is 2.20 bits per heavy atom. The summed E-state index contributed by atoms with van der Waals surface area (Å²) in [5.74, 6) is 1.77. The van der Waals surface area contributed by atoms with Crippen LogP contribution >= 0.6 is 0 Å². The quantitative estimate of drug-likeness (QED) is 0.598. The third-order valence-corrected chi connectivity index (χ3v) is 4.24. The minimum atomic E-state index is 0.295. The average molecular weight is 341 g/mol. The highest BCUT2D eigenvalue weighted by Gasteiger charge is 2.15. The van der Waals surface area contributed by atoms with Gasteiger partial charge in [0.1, 0.15) is 12.4 Å². The molecule has 1 fully saturated rings. The first-order chi connectivity index (χ1) is 12.3. The summed E-state index contributed by atoms with van der Waals surface area (Å²) in [6.45, 7) is 5.92. The molecule has 0 amide bonds. The molecule has 2 aromatic rings. The molecule has 1 saturated heterocycles. The third-order valence-electron chi connectivity index (χ3n) is 4.24. The van der Waals surface area contributed by atoms with Crippen molar-refractivity contribution < 1.29 is 4.74 Å². The lowest BCUT2D eigenvalue weighted by atomic mass is 10.2. The average Bonchev–Trinajstić information content (AvgIpc) is 3.30. The fraction of sp³-hybridized carbons (Fsp3) is 0.474. The lowest BCUT2D eigenvalue weighted by molar-refractivity contribution is 0.114. The molecule has 0 saturated carbocycles. The predicted molar refractivity (Wildman–Crippen MR) is 99.6 cm³/mol. The first kappa shape index (κ1) is 17.5. The van der Waals surface area contributed by atoms with Crippen LogP contribution in [0.4, 0.5) is 0 Å². The van der Waals surface area contributed by atoms with E-state index in [0.717, 1.165) is 50.9 Å². The third kappa shape index (κ3) is 5.32. The molecule has 0 spiro atoms.